The van der Waals surface area contributed by atoms with E-state index < -0.39 is 4.92 Å². The van der Waals surface area contributed by atoms with Gasteiger partial charge in [0.05, 0.1) is 17.0 Å². The summed E-state index contributed by atoms with van der Waals surface area (Å²) in [6, 6.07) is 13.9. The highest BCUT2D eigenvalue weighted by Gasteiger charge is 2.10. The smallest absolute Gasteiger partial charge is 0.269 e. The number of anilines is 1. The highest BCUT2D eigenvalue weighted by molar-refractivity contribution is 14.1. The first kappa shape index (κ1) is 17.5. The Hall–Kier alpha value is -2.33. The van der Waals surface area contributed by atoms with Crippen LogP contribution >= 0.6 is 33.9 Å². The van der Waals surface area contributed by atoms with Crippen molar-refractivity contribution in [1.29, 1.82) is 0 Å². The average Bonchev–Trinajstić information content (AvgIpc) is 3.04. The zero-order valence-corrected chi connectivity index (χ0v) is 15.8. The van der Waals surface area contributed by atoms with E-state index in [1.54, 1.807) is 12.1 Å². The maximum absolute atomic E-state index is 12.1. The van der Waals surface area contributed by atoms with Gasteiger partial charge < -0.3 is 5.32 Å². The lowest BCUT2D eigenvalue weighted by Crippen LogP contribution is -2.14. The monoisotopic (exact) mass is 465 g/mol. The van der Waals surface area contributed by atoms with Crippen LogP contribution in [0.1, 0.15) is 5.56 Å². The van der Waals surface area contributed by atoms with E-state index >= 15 is 0 Å². The zero-order valence-electron chi connectivity index (χ0n) is 12.8. The lowest BCUT2D eigenvalue weighted by atomic mass is 10.1. The number of nitrogens with zero attached hydrogens (tertiary/aromatic N) is 2. The molecule has 0 aliphatic carbocycles. The standard InChI is InChI=1S/C17H12IN3O3S/c18-13-5-3-12(4-6-13)15-10-25-17(19-15)20-16(22)9-11-1-7-14(8-2-11)21(23)24/h1-8,10H,9H2,(H,19,20,22). The normalized spacial score (nSPS) is 10.4. The van der Waals surface area contributed by atoms with Crippen LogP contribution < -0.4 is 5.32 Å². The molecule has 1 aromatic heterocycles. The first-order chi connectivity index (χ1) is 12.0. The van der Waals surface area contributed by atoms with Gasteiger partial charge in [0.1, 0.15) is 0 Å². The Kier molecular flexibility index (Phi) is 5.39. The van der Waals surface area contributed by atoms with Gasteiger partial charge in [-0.3, -0.25) is 14.9 Å². The minimum Gasteiger partial charge on any atom is -0.302 e. The van der Waals surface area contributed by atoms with E-state index in [2.05, 4.69) is 32.9 Å². The number of rotatable bonds is 5. The maximum atomic E-state index is 12.1. The van der Waals surface area contributed by atoms with Crippen LogP contribution in [0.4, 0.5) is 10.8 Å². The molecule has 3 rings (SSSR count). The fourth-order valence-electron chi connectivity index (χ4n) is 2.17. The lowest BCUT2D eigenvalue weighted by Gasteiger charge is -2.02. The van der Waals surface area contributed by atoms with Gasteiger partial charge in [-0.2, -0.15) is 0 Å². The van der Waals surface area contributed by atoms with E-state index in [9.17, 15) is 14.9 Å². The first-order valence-electron chi connectivity index (χ1n) is 7.26. The molecule has 8 heteroatoms. The van der Waals surface area contributed by atoms with Gasteiger partial charge in [-0.25, -0.2) is 4.98 Å². The van der Waals surface area contributed by atoms with Crippen molar-refractivity contribution in [3.63, 3.8) is 0 Å². The number of halogens is 1. The molecule has 0 saturated carbocycles. The molecule has 0 aliphatic heterocycles. The summed E-state index contributed by atoms with van der Waals surface area (Å²) in [7, 11) is 0. The predicted molar refractivity (Wildman–Crippen MR) is 106 cm³/mol. The van der Waals surface area contributed by atoms with Crippen molar-refractivity contribution >= 4 is 50.7 Å². The van der Waals surface area contributed by atoms with E-state index in [1.807, 2.05) is 29.6 Å². The Morgan fingerprint density at radius 2 is 1.84 bits per heavy atom. The molecule has 2 aromatic carbocycles. The molecule has 126 valence electrons. The molecule has 25 heavy (non-hydrogen) atoms. The molecule has 1 N–H and O–H groups in total. The van der Waals surface area contributed by atoms with Crippen molar-refractivity contribution in [2.75, 3.05) is 5.32 Å². The molecule has 0 fully saturated rings. The zero-order chi connectivity index (χ0) is 17.8. The molecule has 0 aliphatic rings. The quantitative estimate of drug-likeness (QED) is 0.342. The summed E-state index contributed by atoms with van der Waals surface area (Å²) in [5.74, 6) is -0.211. The number of amides is 1. The van der Waals surface area contributed by atoms with Gasteiger partial charge in [0, 0.05) is 26.6 Å². The molecule has 0 bridgehead atoms. The second-order valence-corrected chi connectivity index (χ2v) is 7.30. The van der Waals surface area contributed by atoms with E-state index in [0.29, 0.717) is 10.7 Å². The number of aromatic nitrogens is 1. The van der Waals surface area contributed by atoms with Gasteiger partial charge >= 0.3 is 0 Å². The largest absolute Gasteiger partial charge is 0.302 e. The molecule has 1 heterocycles. The third-order valence-electron chi connectivity index (χ3n) is 3.40. The van der Waals surface area contributed by atoms with Gasteiger partial charge in [-0.1, -0.05) is 24.3 Å². The van der Waals surface area contributed by atoms with Gasteiger partial charge in [-0.05, 0) is 40.3 Å². The number of nitro benzene ring substituents is 1. The number of hydrogen-bond donors (Lipinski definition) is 1. The Bertz CT molecular complexity index is 908. The summed E-state index contributed by atoms with van der Waals surface area (Å²) in [6.45, 7) is 0. The molecular weight excluding hydrogens is 453 g/mol. The summed E-state index contributed by atoms with van der Waals surface area (Å²) in [5.41, 5.74) is 2.52. The molecule has 0 unspecified atom stereocenters. The van der Waals surface area contributed by atoms with Crippen LogP contribution in [0.15, 0.2) is 53.9 Å². The van der Waals surface area contributed by atoms with Crippen molar-refractivity contribution in [2.45, 2.75) is 6.42 Å². The topological polar surface area (TPSA) is 85.1 Å². The highest BCUT2D eigenvalue weighted by Crippen LogP contribution is 2.25. The van der Waals surface area contributed by atoms with E-state index in [-0.39, 0.29) is 18.0 Å². The fraction of sp³-hybridized carbons (Fsp3) is 0.0588. The summed E-state index contributed by atoms with van der Waals surface area (Å²) in [6.07, 6.45) is 0.135. The Morgan fingerprint density at radius 3 is 2.48 bits per heavy atom. The fourth-order valence-corrected chi connectivity index (χ4v) is 3.26. The number of non-ortho nitro benzene ring substituents is 1. The van der Waals surface area contributed by atoms with Crippen LogP contribution in [0.2, 0.25) is 0 Å². The number of carbonyl (C=O) groups excluding carboxylic acids is 1. The number of benzene rings is 2. The second kappa shape index (κ2) is 7.70. The molecule has 3 aromatic rings. The Morgan fingerprint density at radius 1 is 1.16 bits per heavy atom. The third-order valence-corrected chi connectivity index (χ3v) is 4.88. The number of thiazole rings is 1. The number of nitro groups is 1. The molecule has 0 radical (unpaired) electrons. The van der Waals surface area contributed by atoms with Crippen molar-refractivity contribution in [3.8, 4) is 11.3 Å². The molecule has 0 spiro atoms. The van der Waals surface area contributed by atoms with Crippen LogP contribution in [0.3, 0.4) is 0 Å². The maximum Gasteiger partial charge on any atom is 0.269 e. The van der Waals surface area contributed by atoms with Gasteiger partial charge in [0.25, 0.3) is 5.69 Å². The SMILES string of the molecule is O=C(Cc1ccc([N+](=O)[O-])cc1)Nc1nc(-c2ccc(I)cc2)cs1. The van der Waals surface area contributed by atoms with Gasteiger partial charge in [0.15, 0.2) is 5.13 Å². The van der Waals surface area contributed by atoms with Crippen LogP contribution in [0.25, 0.3) is 11.3 Å². The average molecular weight is 465 g/mol. The van der Waals surface area contributed by atoms with Crippen molar-refractivity contribution < 1.29 is 9.72 Å². The number of carbonyl (C=O) groups is 1. The summed E-state index contributed by atoms with van der Waals surface area (Å²) in [4.78, 5) is 26.7. The van der Waals surface area contributed by atoms with Gasteiger partial charge in [0.2, 0.25) is 5.91 Å². The Labute approximate surface area is 161 Å². The summed E-state index contributed by atoms with van der Waals surface area (Å²) in [5, 5.41) is 15.8. The molecular formula is C17H12IN3O3S. The first-order valence-corrected chi connectivity index (χ1v) is 9.22. The summed E-state index contributed by atoms with van der Waals surface area (Å²) >= 11 is 3.60. The van der Waals surface area contributed by atoms with Crippen molar-refractivity contribution in [2.24, 2.45) is 0 Å². The summed E-state index contributed by atoms with van der Waals surface area (Å²) < 4.78 is 1.15. The van der Waals surface area contributed by atoms with E-state index in [0.717, 1.165) is 14.8 Å². The van der Waals surface area contributed by atoms with Crippen molar-refractivity contribution in [1.82, 2.24) is 4.98 Å². The van der Waals surface area contributed by atoms with Crippen LogP contribution in [0, 0.1) is 13.7 Å². The minimum absolute atomic E-state index is 0.00578. The minimum atomic E-state index is -0.467. The predicted octanol–water partition coefficient (Wildman–Crippen LogP) is 4.50. The number of nitrogens with one attached hydrogen (secondary N) is 1. The molecule has 6 nitrogen and oxygen atoms in total. The van der Waals surface area contributed by atoms with Crippen LogP contribution in [-0.4, -0.2) is 15.8 Å². The lowest BCUT2D eigenvalue weighted by molar-refractivity contribution is -0.384. The van der Waals surface area contributed by atoms with Gasteiger partial charge in [-0.15, -0.1) is 11.3 Å². The van der Waals surface area contributed by atoms with E-state index in [1.165, 1.54) is 23.5 Å². The highest BCUT2D eigenvalue weighted by atomic mass is 127. The van der Waals surface area contributed by atoms with E-state index in [4.69, 9.17) is 0 Å². The molecule has 1 amide bonds. The molecule has 0 atom stereocenters. The second-order valence-electron chi connectivity index (χ2n) is 5.19. The Balaban J connectivity index is 1.63. The third kappa shape index (κ3) is 4.60. The molecule has 0 saturated heterocycles. The van der Waals surface area contributed by atoms with Crippen LogP contribution in [-0.2, 0) is 11.2 Å². The van der Waals surface area contributed by atoms with Crippen LogP contribution in [0.5, 0.6) is 0 Å². The number of hydrogen-bond acceptors (Lipinski definition) is 5. The van der Waals surface area contributed by atoms with Crippen molar-refractivity contribution in [3.05, 3.63) is 73.2 Å².